The first-order valence-electron chi connectivity index (χ1n) is 6.22. The Morgan fingerprint density at radius 1 is 1.44 bits per heavy atom. The second-order valence-corrected chi connectivity index (χ2v) is 4.93. The van der Waals surface area contributed by atoms with Crippen LogP contribution in [0.4, 0.5) is 5.69 Å². The number of aromatic amines is 1. The summed E-state index contributed by atoms with van der Waals surface area (Å²) in [5.74, 6) is 0.130. The van der Waals surface area contributed by atoms with E-state index in [1.807, 2.05) is 18.2 Å². The predicted molar refractivity (Wildman–Crippen MR) is 70.0 cm³/mol. The normalized spacial score (nSPS) is 23.4. The largest absolute Gasteiger partial charge is 0.328 e. The van der Waals surface area contributed by atoms with Crippen LogP contribution in [0.15, 0.2) is 24.4 Å². The highest BCUT2D eigenvalue weighted by atomic mass is 16.1. The molecule has 3 rings (SSSR count). The number of benzene rings is 1. The highest BCUT2D eigenvalue weighted by Crippen LogP contribution is 2.26. The molecule has 0 spiro atoms. The number of hydrogen-bond acceptors (Lipinski definition) is 3. The van der Waals surface area contributed by atoms with Gasteiger partial charge >= 0.3 is 0 Å². The molecular formula is C13H16N4O. The molecule has 1 aliphatic carbocycles. The van der Waals surface area contributed by atoms with E-state index in [2.05, 4.69) is 15.5 Å². The van der Waals surface area contributed by atoms with E-state index in [1.165, 1.54) is 0 Å². The Labute approximate surface area is 105 Å². The molecule has 4 N–H and O–H groups in total. The number of aromatic nitrogens is 2. The second kappa shape index (κ2) is 4.42. The van der Waals surface area contributed by atoms with Gasteiger partial charge in [0.1, 0.15) is 0 Å². The molecule has 0 radical (unpaired) electrons. The highest BCUT2D eigenvalue weighted by Gasteiger charge is 2.27. The van der Waals surface area contributed by atoms with Crippen LogP contribution in [0.5, 0.6) is 0 Å². The maximum atomic E-state index is 12.0. The fourth-order valence-electron chi connectivity index (χ4n) is 2.52. The van der Waals surface area contributed by atoms with Crippen molar-refractivity contribution in [1.29, 1.82) is 0 Å². The number of carbonyl (C=O) groups is 1. The summed E-state index contributed by atoms with van der Waals surface area (Å²) in [5.41, 5.74) is 7.61. The number of nitrogens with two attached hydrogens (primary N) is 1. The molecule has 94 valence electrons. The Morgan fingerprint density at radius 3 is 3.11 bits per heavy atom. The quantitative estimate of drug-likeness (QED) is 0.750. The van der Waals surface area contributed by atoms with Crippen LogP contribution in [-0.2, 0) is 4.79 Å². The molecule has 1 amide bonds. The summed E-state index contributed by atoms with van der Waals surface area (Å²) >= 11 is 0. The molecule has 2 aromatic rings. The molecule has 1 aromatic carbocycles. The van der Waals surface area contributed by atoms with Gasteiger partial charge in [-0.05, 0) is 37.5 Å². The Balaban J connectivity index is 1.73. The van der Waals surface area contributed by atoms with Crippen molar-refractivity contribution in [2.45, 2.75) is 25.3 Å². The van der Waals surface area contributed by atoms with Crippen molar-refractivity contribution in [3.05, 3.63) is 24.4 Å². The van der Waals surface area contributed by atoms with Crippen LogP contribution < -0.4 is 11.1 Å². The molecule has 0 unspecified atom stereocenters. The number of amides is 1. The van der Waals surface area contributed by atoms with Gasteiger partial charge < -0.3 is 11.1 Å². The summed E-state index contributed by atoms with van der Waals surface area (Å²) in [6.45, 7) is 0. The number of carbonyl (C=O) groups excluding carboxylic acids is 1. The lowest BCUT2D eigenvalue weighted by Crippen LogP contribution is -2.23. The monoisotopic (exact) mass is 244 g/mol. The minimum Gasteiger partial charge on any atom is -0.328 e. The Morgan fingerprint density at radius 2 is 2.33 bits per heavy atom. The lowest BCUT2D eigenvalue weighted by Gasteiger charge is -2.10. The number of hydrogen-bond donors (Lipinski definition) is 3. The third-order valence-electron chi connectivity index (χ3n) is 3.55. The zero-order chi connectivity index (χ0) is 12.5. The molecular weight excluding hydrogens is 228 g/mol. The number of nitrogens with zero attached hydrogens (tertiary/aromatic N) is 1. The summed E-state index contributed by atoms with van der Waals surface area (Å²) < 4.78 is 0. The van der Waals surface area contributed by atoms with Crippen LogP contribution in [0.2, 0.25) is 0 Å². The maximum Gasteiger partial charge on any atom is 0.227 e. The van der Waals surface area contributed by atoms with Gasteiger partial charge in [0.05, 0.1) is 11.7 Å². The highest BCUT2D eigenvalue weighted by molar-refractivity contribution is 5.95. The molecule has 1 saturated carbocycles. The maximum absolute atomic E-state index is 12.0. The fraction of sp³-hybridized carbons (Fsp3) is 0.385. The van der Waals surface area contributed by atoms with E-state index in [1.54, 1.807) is 6.20 Å². The molecule has 0 bridgehead atoms. The van der Waals surface area contributed by atoms with Crippen molar-refractivity contribution in [2.24, 2.45) is 11.7 Å². The van der Waals surface area contributed by atoms with Gasteiger partial charge in [0.2, 0.25) is 5.91 Å². The van der Waals surface area contributed by atoms with Crippen molar-refractivity contribution in [2.75, 3.05) is 5.32 Å². The lowest BCUT2D eigenvalue weighted by atomic mass is 10.1. The fourth-order valence-corrected chi connectivity index (χ4v) is 2.52. The van der Waals surface area contributed by atoms with Crippen LogP contribution in [0.3, 0.4) is 0 Å². The Bertz CT molecular complexity index is 577. The third-order valence-corrected chi connectivity index (χ3v) is 3.55. The van der Waals surface area contributed by atoms with Crippen LogP contribution >= 0.6 is 0 Å². The van der Waals surface area contributed by atoms with Crippen molar-refractivity contribution < 1.29 is 4.79 Å². The van der Waals surface area contributed by atoms with E-state index in [4.69, 9.17) is 5.73 Å². The summed E-state index contributed by atoms with van der Waals surface area (Å²) in [4.78, 5) is 12.0. The average Bonchev–Trinajstić information content (AvgIpc) is 2.96. The van der Waals surface area contributed by atoms with E-state index >= 15 is 0 Å². The molecule has 0 aliphatic heterocycles. The molecule has 18 heavy (non-hydrogen) atoms. The molecule has 0 saturated heterocycles. The molecule has 5 heteroatoms. The van der Waals surface area contributed by atoms with Gasteiger partial charge in [0.15, 0.2) is 0 Å². The van der Waals surface area contributed by atoms with Gasteiger partial charge in [-0.1, -0.05) is 0 Å². The number of nitrogens with one attached hydrogen (secondary N) is 2. The van der Waals surface area contributed by atoms with Gasteiger partial charge in [-0.2, -0.15) is 5.10 Å². The standard InChI is InChI=1S/C13H16N4O/c14-10-2-1-8(5-10)13(18)16-11-3-4-12-9(6-11)7-15-17-12/h3-4,6-8,10H,1-2,5,14H2,(H,15,17)(H,16,18)/t8-,10+/m0/s1. The molecule has 1 heterocycles. The van der Waals surface area contributed by atoms with Gasteiger partial charge in [0, 0.05) is 23.0 Å². The Hall–Kier alpha value is -1.88. The minimum atomic E-state index is 0.0556. The summed E-state index contributed by atoms with van der Waals surface area (Å²) in [7, 11) is 0. The third kappa shape index (κ3) is 2.09. The van der Waals surface area contributed by atoms with Crippen LogP contribution in [0.25, 0.3) is 10.9 Å². The molecule has 1 fully saturated rings. The van der Waals surface area contributed by atoms with E-state index in [0.29, 0.717) is 0 Å². The Kier molecular flexibility index (Phi) is 2.76. The number of anilines is 1. The first-order valence-corrected chi connectivity index (χ1v) is 6.22. The topological polar surface area (TPSA) is 83.8 Å². The first kappa shape index (κ1) is 11.2. The van der Waals surface area contributed by atoms with E-state index in [9.17, 15) is 4.79 Å². The van der Waals surface area contributed by atoms with Crippen molar-refractivity contribution in [3.63, 3.8) is 0 Å². The van der Waals surface area contributed by atoms with Crippen LogP contribution in [0, 0.1) is 5.92 Å². The summed E-state index contributed by atoms with van der Waals surface area (Å²) in [5, 5.41) is 10.8. The predicted octanol–water partition coefficient (Wildman–Crippen LogP) is 1.63. The van der Waals surface area contributed by atoms with Crippen molar-refractivity contribution in [1.82, 2.24) is 10.2 Å². The lowest BCUT2D eigenvalue weighted by molar-refractivity contribution is -0.119. The van der Waals surface area contributed by atoms with Gasteiger partial charge in [-0.15, -0.1) is 0 Å². The zero-order valence-corrected chi connectivity index (χ0v) is 10.0. The first-order chi connectivity index (χ1) is 8.72. The minimum absolute atomic E-state index is 0.0556. The number of rotatable bonds is 2. The average molecular weight is 244 g/mol. The van der Waals surface area contributed by atoms with Gasteiger partial charge in [-0.3, -0.25) is 9.89 Å². The van der Waals surface area contributed by atoms with Crippen LogP contribution in [0.1, 0.15) is 19.3 Å². The number of fused-ring (bicyclic) bond motifs is 1. The summed E-state index contributed by atoms with van der Waals surface area (Å²) in [6, 6.07) is 5.90. The van der Waals surface area contributed by atoms with Crippen molar-refractivity contribution >= 4 is 22.5 Å². The van der Waals surface area contributed by atoms with E-state index < -0.39 is 0 Å². The SMILES string of the molecule is N[C@@H]1CC[C@H](C(=O)Nc2ccc3[nH]ncc3c2)C1. The van der Waals surface area contributed by atoms with E-state index in [0.717, 1.165) is 35.9 Å². The smallest absolute Gasteiger partial charge is 0.227 e. The summed E-state index contributed by atoms with van der Waals surface area (Å²) in [6.07, 6.45) is 4.37. The molecule has 2 atom stereocenters. The van der Waals surface area contributed by atoms with Gasteiger partial charge in [0.25, 0.3) is 0 Å². The molecule has 1 aliphatic rings. The van der Waals surface area contributed by atoms with Crippen LogP contribution in [-0.4, -0.2) is 22.1 Å². The van der Waals surface area contributed by atoms with E-state index in [-0.39, 0.29) is 17.9 Å². The molecule has 1 aromatic heterocycles. The number of H-pyrrole nitrogens is 1. The molecule has 5 nitrogen and oxygen atoms in total. The zero-order valence-electron chi connectivity index (χ0n) is 10.0. The van der Waals surface area contributed by atoms with Gasteiger partial charge in [-0.25, -0.2) is 0 Å². The second-order valence-electron chi connectivity index (χ2n) is 4.93. The van der Waals surface area contributed by atoms with Crippen molar-refractivity contribution in [3.8, 4) is 0 Å².